The van der Waals surface area contributed by atoms with Crippen molar-refractivity contribution in [2.75, 3.05) is 5.32 Å². The highest BCUT2D eigenvalue weighted by Gasteiger charge is 2.15. The molecule has 0 radical (unpaired) electrons. The molecule has 0 aliphatic rings. The highest BCUT2D eigenvalue weighted by molar-refractivity contribution is 6.01. The molecule has 1 heterocycles. The summed E-state index contributed by atoms with van der Waals surface area (Å²) in [7, 11) is 0. The van der Waals surface area contributed by atoms with Crippen LogP contribution in [0.15, 0.2) is 54.6 Å². The Kier molecular flexibility index (Phi) is 4.33. The fourth-order valence-electron chi connectivity index (χ4n) is 2.15. The van der Waals surface area contributed by atoms with Gasteiger partial charge in [-0.25, -0.2) is 19.6 Å². The Balaban J connectivity index is 1.77. The number of carbonyl (C=O) groups excluding carboxylic acids is 1. The Labute approximate surface area is 136 Å². The molecule has 3 rings (SSSR count). The molecule has 24 heavy (non-hydrogen) atoms. The molecule has 0 aliphatic carbocycles. The number of carbonyl (C=O) groups is 2. The molecule has 7 nitrogen and oxygen atoms in total. The molecule has 1 aromatic heterocycles. The summed E-state index contributed by atoms with van der Waals surface area (Å²) in [6.45, 7) is 0.0893. The monoisotopic (exact) mass is 323 g/mol. The fourth-order valence-corrected chi connectivity index (χ4v) is 2.15. The molecule has 0 saturated carbocycles. The van der Waals surface area contributed by atoms with E-state index in [0.29, 0.717) is 10.9 Å². The molecule has 2 N–H and O–H groups in total. The number of hydrogen-bond donors (Lipinski definition) is 2. The molecule has 0 unspecified atom stereocenters. The number of amides is 1. The molecule has 1 amide bonds. The van der Waals surface area contributed by atoms with E-state index in [4.69, 9.17) is 4.74 Å². The smallest absolute Gasteiger partial charge is 0.414 e. The first-order chi connectivity index (χ1) is 11.6. The van der Waals surface area contributed by atoms with E-state index in [1.54, 1.807) is 24.3 Å². The van der Waals surface area contributed by atoms with Gasteiger partial charge in [0.25, 0.3) is 0 Å². The lowest BCUT2D eigenvalue weighted by atomic mass is 10.2. The van der Waals surface area contributed by atoms with Gasteiger partial charge < -0.3 is 9.84 Å². The minimum atomic E-state index is -1.20. The summed E-state index contributed by atoms with van der Waals surface area (Å²) in [4.78, 5) is 31.2. The van der Waals surface area contributed by atoms with Crippen molar-refractivity contribution in [2.24, 2.45) is 0 Å². The second-order valence-electron chi connectivity index (χ2n) is 4.90. The van der Waals surface area contributed by atoms with E-state index >= 15 is 0 Å². The Morgan fingerprint density at radius 3 is 2.46 bits per heavy atom. The molecule has 0 saturated heterocycles. The van der Waals surface area contributed by atoms with Gasteiger partial charge in [-0.1, -0.05) is 48.5 Å². The van der Waals surface area contributed by atoms with Crippen molar-refractivity contribution in [2.45, 2.75) is 6.61 Å². The molecule has 7 heteroatoms. The van der Waals surface area contributed by atoms with Gasteiger partial charge in [-0.3, -0.25) is 5.32 Å². The van der Waals surface area contributed by atoms with Gasteiger partial charge in [-0.15, -0.1) is 0 Å². The van der Waals surface area contributed by atoms with Gasteiger partial charge in [0.2, 0.25) is 5.95 Å². The third kappa shape index (κ3) is 3.46. The number of carboxylic acid groups (broad SMARTS) is 1. The SMILES string of the molecule is O=C(Nc1nc(C(=O)O)c2ccccc2n1)OCc1ccccc1. The second-order valence-corrected chi connectivity index (χ2v) is 4.90. The van der Waals surface area contributed by atoms with Gasteiger partial charge in [0.1, 0.15) is 6.61 Å². The number of rotatable bonds is 4. The zero-order chi connectivity index (χ0) is 16.9. The number of aromatic nitrogens is 2. The van der Waals surface area contributed by atoms with Crippen LogP contribution in [0.2, 0.25) is 0 Å². The average Bonchev–Trinajstić information content (AvgIpc) is 2.60. The third-order valence-corrected chi connectivity index (χ3v) is 3.23. The molecule has 0 fully saturated rings. The Hall–Kier alpha value is -3.48. The van der Waals surface area contributed by atoms with Gasteiger partial charge in [0.15, 0.2) is 5.69 Å². The van der Waals surface area contributed by atoms with Crippen LogP contribution >= 0.6 is 0 Å². The number of aromatic carboxylic acids is 1. The summed E-state index contributed by atoms with van der Waals surface area (Å²) in [6.07, 6.45) is -0.759. The lowest BCUT2D eigenvalue weighted by Gasteiger charge is -2.08. The van der Waals surface area contributed by atoms with E-state index in [0.717, 1.165) is 5.56 Å². The van der Waals surface area contributed by atoms with Crippen LogP contribution in [0.1, 0.15) is 16.1 Å². The van der Waals surface area contributed by atoms with Crippen LogP contribution in [0.4, 0.5) is 10.7 Å². The van der Waals surface area contributed by atoms with Crippen LogP contribution in [0.5, 0.6) is 0 Å². The maximum absolute atomic E-state index is 11.8. The van der Waals surface area contributed by atoms with Crippen LogP contribution in [-0.2, 0) is 11.3 Å². The number of fused-ring (bicyclic) bond motifs is 1. The third-order valence-electron chi connectivity index (χ3n) is 3.23. The van der Waals surface area contributed by atoms with E-state index < -0.39 is 12.1 Å². The van der Waals surface area contributed by atoms with Crippen molar-refractivity contribution < 1.29 is 19.4 Å². The molecule has 0 bridgehead atoms. The van der Waals surface area contributed by atoms with Crippen molar-refractivity contribution in [3.8, 4) is 0 Å². The maximum atomic E-state index is 11.8. The Morgan fingerprint density at radius 2 is 1.71 bits per heavy atom. The van der Waals surface area contributed by atoms with E-state index in [1.807, 2.05) is 30.3 Å². The normalized spacial score (nSPS) is 10.3. The number of anilines is 1. The molecular weight excluding hydrogens is 310 g/mol. The summed E-state index contributed by atoms with van der Waals surface area (Å²) in [5, 5.41) is 12.0. The first kappa shape index (κ1) is 15.4. The maximum Gasteiger partial charge on any atom is 0.414 e. The standard InChI is InChI=1S/C17H13N3O4/c21-15(22)14-12-8-4-5-9-13(12)18-16(19-14)20-17(23)24-10-11-6-2-1-3-7-11/h1-9H,10H2,(H,21,22)(H,18,19,20,23). The number of carboxylic acids is 1. The first-order valence-corrected chi connectivity index (χ1v) is 7.11. The van der Waals surface area contributed by atoms with E-state index in [1.165, 1.54) is 0 Å². The number of hydrogen-bond acceptors (Lipinski definition) is 5. The summed E-state index contributed by atoms with van der Waals surface area (Å²) in [5.41, 5.74) is 1.07. The van der Waals surface area contributed by atoms with E-state index in [-0.39, 0.29) is 18.2 Å². The summed E-state index contributed by atoms with van der Waals surface area (Å²) >= 11 is 0. The van der Waals surface area contributed by atoms with Gasteiger partial charge in [-0.05, 0) is 11.6 Å². The minimum absolute atomic E-state index is 0.0893. The minimum Gasteiger partial charge on any atom is -0.476 e. The van der Waals surface area contributed by atoms with E-state index in [9.17, 15) is 14.7 Å². The summed E-state index contributed by atoms with van der Waals surface area (Å²) < 4.78 is 5.07. The van der Waals surface area contributed by atoms with Gasteiger partial charge in [0, 0.05) is 5.39 Å². The highest BCUT2D eigenvalue weighted by Crippen LogP contribution is 2.17. The van der Waals surface area contributed by atoms with Crippen molar-refractivity contribution in [1.82, 2.24) is 9.97 Å². The topological polar surface area (TPSA) is 101 Å². The fraction of sp³-hybridized carbons (Fsp3) is 0.0588. The number of nitrogens with one attached hydrogen (secondary N) is 1. The van der Waals surface area contributed by atoms with Gasteiger partial charge >= 0.3 is 12.1 Å². The zero-order valence-corrected chi connectivity index (χ0v) is 12.5. The molecule has 0 spiro atoms. The van der Waals surface area contributed by atoms with Crippen molar-refractivity contribution >= 4 is 28.9 Å². The molecule has 120 valence electrons. The van der Waals surface area contributed by atoms with Gasteiger partial charge in [0.05, 0.1) is 5.52 Å². The average molecular weight is 323 g/mol. The van der Waals surface area contributed by atoms with Crippen molar-refractivity contribution in [1.29, 1.82) is 0 Å². The number of para-hydroxylation sites is 1. The largest absolute Gasteiger partial charge is 0.476 e. The first-order valence-electron chi connectivity index (χ1n) is 7.11. The lowest BCUT2D eigenvalue weighted by molar-refractivity contribution is 0.0692. The Morgan fingerprint density at radius 1 is 1.00 bits per heavy atom. The molecular formula is C17H13N3O4. The summed E-state index contributed by atoms with van der Waals surface area (Å²) in [6, 6.07) is 15.8. The van der Waals surface area contributed by atoms with Crippen LogP contribution < -0.4 is 5.32 Å². The predicted molar refractivity (Wildman–Crippen MR) is 86.7 cm³/mol. The van der Waals surface area contributed by atoms with Crippen molar-refractivity contribution in [3.63, 3.8) is 0 Å². The summed E-state index contributed by atoms with van der Waals surface area (Å²) in [5.74, 6) is -1.32. The number of ether oxygens (including phenoxy) is 1. The van der Waals surface area contributed by atoms with Crippen LogP contribution in [0.3, 0.4) is 0 Å². The zero-order valence-electron chi connectivity index (χ0n) is 12.5. The highest BCUT2D eigenvalue weighted by atomic mass is 16.5. The molecule has 2 aromatic carbocycles. The number of benzene rings is 2. The quantitative estimate of drug-likeness (QED) is 0.765. The lowest BCUT2D eigenvalue weighted by Crippen LogP contribution is -2.17. The Bertz CT molecular complexity index is 897. The number of nitrogens with zero attached hydrogens (tertiary/aromatic N) is 2. The van der Waals surface area contributed by atoms with Crippen LogP contribution in [-0.4, -0.2) is 27.1 Å². The molecule has 3 aromatic rings. The molecule has 0 aliphatic heterocycles. The van der Waals surface area contributed by atoms with Gasteiger partial charge in [-0.2, -0.15) is 0 Å². The van der Waals surface area contributed by atoms with Crippen LogP contribution in [0.25, 0.3) is 10.9 Å². The second kappa shape index (κ2) is 6.74. The predicted octanol–water partition coefficient (Wildman–Crippen LogP) is 3.08. The molecule has 0 atom stereocenters. The van der Waals surface area contributed by atoms with E-state index in [2.05, 4.69) is 15.3 Å². The van der Waals surface area contributed by atoms with Crippen molar-refractivity contribution in [3.05, 3.63) is 65.9 Å². The van der Waals surface area contributed by atoms with Crippen LogP contribution in [0, 0.1) is 0 Å².